The van der Waals surface area contributed by atoms with Gasteiger partial charge in [0, 0.05) is 6.92 Å². The quantitative estimate of drug-likeness (QED) is 0.484. The topological polar surface area (TPSA) is 113 Å². The Bertz CT molecular complexity index is 428. The number of β-lactam (4-membered cyclic amide) rings is 1. The number of nitrogens with zero attached hydrogens (tertiary/aromatic N) is 1. The molecule has 1 saturated heterocycles. The van der Waals surface area contributed by atoms with Gasteiger partial charge in [0.25, 0.3) is 5.91 Å². The third kappa shape index (κ3) is 2.31. The fourth-order valence-electron chi connectivity index (χ4n) is 1.42. The van der Waals surface area contributed by atoms with Crippen molar-refractivity contribution in [3.63, 3.8) is 0 Å². The second kappa shape index (κ2) is 3.68. The van der Waals surface area contributed by atoms with Crippen LogP contribution < -0.4 is 5.32 Å². The van der Waals surface area contributed by atoms with Crippen molar-refractivity contribution < 1.29 is 26.8 Å². The first kappa shape index (κ1) is 12.9. The van der Waals surface area contributed by atoms with E-state index in [0.29, 0.717) is 5.06 Å². The van der Waals surface area contributed by atoms with Crippen LogP contribution in [0.25, 0.3) is 0 Å². The molecule has 8 nitrogen and oxygen atoms in total. The molecule has 0 bridgehead atoms. The second-order valence-electron chi connectivity index (χ2n) is 3.92. The Kier molecular flexibility index (Phi) is 2.96. The van der Waals surface area contributed by atoms with Gasteiger partial charge >= 0.3 is 10.4 Å². The number of hydrogen-bond acceptors (Lipinski definition) is 5. The molecule has 0 aliphatic carbocycles. The van der Waals surface area contributed by atoms with Crippen molar-refractivity contribution in [2.24, 2.45) is 0 Å². The maximum atomic E-state index is 11.4. The van der Waals surface area contributed by atoms with E-state index in [1.54, 1.807) is 0 Å². The summed E-state index contributed by atoms with van der Waals surface area (Å²) in [6.07, 6.45) is 0. The number of carbonyl (C=O) groups is 2. The predicted octanol–water partition coefficient (Wildman–Crippen LogP) is -1.15. The minimum absolute atomic E-state index is 0.419. The summed E-state index contributed by atoms with van der Waals surface area (Å²) in [4.78, 5) is 22.2. The zero-order valence-corrected chi connectivity index (χ0v) is 9.74. The molecule has 1 heterocycles. The Hall–Kier alpha value is -1.19. The molecule has 0 aromatic heterocycles. The molecule has 1 rings (SSSR count). The summed E-state index contributed by atoms with van der Waals surface area (Å²) in [5.74, 6) is -1.16. The van der Waals surface area contributed by atoms with Gasteiger partial charge in [0.2, 0.25) is 5.91 Å². The highest BCUT2D eigenvalue weighted by molar-refractivity contribution is 7.80. The lowest BCUT2D eigenvalue weighted by Gasteiger charge is -2.50. The zero-order chi connectivity index (χ0) is 12.7. The van der Waals surface area contributed by atoms with Crippen molar-refractivity contribution in [3.8, 4) is 0 Å². The first-order valence-electron chi connectivity index (χ1n) is 4.34. The number of hydrogen-bond donors (Lipinski definition) is 2. The van der Waals surface area contributed by atoms with Gasteiger partial charge in [-0.1, -0.05) is 0 Å². The van der Waals surface area contributed by atoms with Gasteiger partial charge in [0.1, 0.15) is 6.04 Å². The van der Waals surface area contributed by atoms with E-state index in [1.807, 2.05) is 0 Å². The van der Waals surface area contributed by atoms with Gasteiger partial charge in [0.15, 0.2) is 0 Å². The van der Waals surface area contributed by atoms with Crippen LogP contribution in [-0.4, -0.2) is 41.4 Å². The molecule has 1 atom stereocenters. The molecule has 1 fully saturated rings. The molecule has 0 aromatic rings. The lowest BCUT2D eigenvalue weighted by atomic mass is 9.84. The third-order valence-electron chi connectivity index (χ3n) is 2.19. The van der Waals surface area contributed by atoms with E-state index in [2.05, 4.69) is 9.60 Å². The van der Waals surface area contributed by atoms with E-state index in [0.717, 1.165) is 0 Å². The number of amides is 2. The summed E-state index contributed by atoms with van der Waals surface area (Å²) in [5.41, 5.74) is -1.04. The molecule has 92 valence electrons. The molecular formula is C7H12N2O6S. The molecule has 9 heteroatoms. The van der Waals surface area contributed by atoms with Crippen molar-refractivity contribution in [1.29, 1.82) is 0 Å². The highest BCUT2D eigenvalue weighted by Crippen LogP contribution is 2.32. The van der Waals surface area contributed by atoms with Crippen molar-refractivity contribution >= 4 is 22.2 Å². The number of rotatable bonds is 3. The van der Waals surface area contributed by atoms with Gasteiger partial charge in [-0.05, 0) is 13.8 Å². The Balaban J connectivity index is 2.80. The molecule has 0 spiro atoms. The smallest absolute Gasteiger partial charge is 0.342 e. The van der Waals surface area contributed by atoms with Crippen LogP contribution in [0.5, 0.6) is 0 Å². The Labute approximate surface area is 92.5 Å². The SMILES string of the molecule is CC(=O)NC1C(=O)N(OS(=O)(=O)O)C1(C)C. The molecule has 2 amide bonds. The van der Waals surface area contributed by atoms with Gasteiger partial charge in [-0.15, -0.1) is 4.28 Å². The first-order chi connectivity index (χ1) is 7.05. The molecule has 16 heavy (non-hydrogen) atoms. The summed E-state index contributed by atoms with van der Waals surface area (Å²) >= 11 is 0. The average Bonchev–Trinajstić information content (AvgIpc) is 2.08. The lowest BCUT2D eigenvalue weighted by molar-refractivity contribution is -0.218. The Morgan fingerprint density at radius 2 is 2.06 bits per heavy atom. The van der Waals surface area contributed by atoms with Crippen LogP contribution in [0, 0.1) is 0 Å². The second-order valence-corrected chi connectivity index (χ2v) is 4.93. The summed E-state index contributed by atoms with van der Waals surface area (Å²) in [6, 6.07) is -0.869. The van der Waals surface area contributed by atoms with Crippen LogP contribution in [0.1, 0.15) is 20.8 Å². The molecule has 0 radical (unpaired) electrons. The van der Waals surface area contributed by atoms with Crippen LogP contribution in [0.15, 0.2) is 0 Å². The fraction of sp³-hybridized carbons (Fsp3) is 0.714. The summed E-state index contributed by atoms with van der Waals surface area (Å²) in [5, 5.41) is 2.85. The largest absolute Gasteiger partial charge is 0.418 e. The first-order valence-corrected chi connectivity index (χ1v) is 5.70. The van der Waals surface area contributed by atoms with Crippen molar-refractivity contribution in [3.05, 3.63) is 0 Å². The van der Waals surface area contributed by atoms with E-state index >= 15 is 0 Å². The van der Waals surface area contributed by atoms with Crippen LogP contribution in [0.4, 0.5) is 0 Å². The molecule has 0 saturated carbocycles. The van der Waals surface area contributed by atoms with E-state index in [1.165, 1.54) is 20.8 Å². The Morgan fingerprint density at radius 1 is 1.56 bits per heavy atom. The van der Waals surface area contributed by atoms with Gasteiger partial charge in [0.05, 0.1) is 5.54 Å². The maximum Gasteiger partial charge on any atom is 0.418 e. The van der Waals surface area contributed by atoms with Crippen molar-refractivity contribution in [1.82, 2.24) is 10.4 Å². The maximum absolute atomic E-state index is 11.4. The van der Waals surface area contributed by atoms with Crippen LogP contribution >= 0.6 is 0 Å². The zero-order valence-electron chi connectivity index (χ0n) is 8.92. The lowest BCUT2D eigenvalue weighted by Crippen LogP contribution is -2.76. The number of hydroxylamine groups is 2. The molecule has 0 aromatic carbocycles. The highest BCUT2D eigenvalue weighted by Gasteiger charge is 2.57. The van der Waals surface area contributed by atoms with Gasteiger partial charge in [-0.2, -0.15) is 13.5 Å². The van der Waals surface area contributed by atoms with E-state index in [9.17, 15) is 18.0 Å². The van der Waals surface area contributed by atoms with Crippen LogP contribution in [-0.2, 0) is 24.3 Å². The molecule has 2 N–H and O–H groups in total. The highest BCUT2D eigenvalue weighted by atomic mass is 32.3. The monoisotopic (exact) mass is 252 g/mol. The predicted molar refractivity (Wildman–Crippen MR) is 51.2 cm³/mol. The van der Waals surface area contributed by atoms with Crippen LogP contribution in [0.3, 0.4) is 0 Å². The van der Waals surface area contributed by atoms with Gasteiger partial charge < -0.3 is 5.32 Å². The number of carbonyl (C=O) groups excluding carboxylic acids is 2. The van der Waals surface area contributed by atoms with Crippen molar-refractivity contribution in [2.45, 2.75) is 32.4 Å². The van der Waals surface area contributed by atoms with E-state index < -0.39 is 33.8 Å². The summed E-state index contributed by atoms with van der Waals surface area (Å²) in [6.45, 7) is 4.20. The summed E-state index contributed by atoms with van der Waals surface area (Å²) < 4.78 is 33.4. The molecule has 1 aliphatic heterocycles. The molecule has 1 aliphatic rings. The van der Waals surface area contributed by atoms with E-state index in [4.69, 9.17) is 4.55 Å². The summed E-state index contributed by atoms with van der Waals surface area (Å²) in [7, 11) is -4.75. The van der Waals surface area contributed by atoms with Gasteiger partial charge in [-0.3, -0.25) is 14.1 Å². The molecule has 1 unspecified atom stereocenters. The third-order valence-corrected chi connectivity index (χ3v) is 2.53. The van der Waals surface area contributed by atoms with Crippen molar-refractivity contribution in [2.75, 3.05) is 0 Å². The number of nitrogens with one attached hydrogen (secondary N) is 1. The Morgan fingerprint density at radius 3 is 2.38 bits per heavy atom. The van der Waals surface area contributed by atoms with E-state index in [-0.39, 0.29) is 0 Å². The minimum atomic E-state index is -4.75. The van der Waals surface area contributed by atoms with Gasteiger partial charge in [-0.25, -0.2) is 0 Å². The standard InChI is InChI=1S/C7H12N2O6S/c1-4(10)8-5-6(11)9(7(5,2)3)15-16(12,13)14/h5H,1-3H3,(H,8,10)(H,12,13,14). The fourth-order valence-corrected chi connectivity index (χ4v) is 1.88. The minimum Gasteiger partial charge on any atom is -0.342 e. The molecular weight excluding hydrogens is 240 g/mol. The average molecular weight is 252 g/mol. The normalized spacial score (nSPS) is 23.9. The van der Waals surface area contributed by atoms with Crippen LogP contribution in [0.2, 0.25) is 0 Å².